The molecule has 2 aromatic rings. The first-order valence-electron chi connectivity index (χ1n) is 6.44. The van der Waals surface area contributed by atoms with E-state index in [0.717, 1.165) is 5.56 Å². The lowest BCUT2D eigenvalue weighted by molar-refractivity contribution is 0.530. The number of rotatable bonds is 5. The Kier molecular flexibility index (Phi) is 5.10. The highest BCUT2D eigenvalue weighted by Gasteiger charge is 2.13. The first-order valence-corrected chi connectivity index (χ1v) is 6.82. The number of likely N-dealkylation sites (N-methyl/N-ethyl adjacent to an activating group) is 1. The van der Waals surface area contributed by atoms with Gasteiger partial charge in [0.05, 0.1) is 0 Å². The predicted molar refractivity (Wildman–Crippen MR) is 78.1 cm³/mol. The van der Waals surface area contributed by atoms with Crippen LogP contribution in [0.25, 0.3) is 0 Å². The molecule has 1 N–H and O–H groups in total. The third-order valence-corrected chi connectivity index (χ3v) is 3.68. The summed E-state index contributed by atoms with van der Waals surface area (Å²) in [5, 5.41) is 3.65. The molecule has 2 aromatic carbocycles. The van der Waals surface area contributed by atoms with Crippen molar-refractivity contribution in [2.24, 2.45) is 0 Å². The molecule has 2 rings (SSSR count). The third kappa shape index (κ3) is 3.78. The molecule has 0 spiro atoms. The van der Waals surface area contributed by atoms with E-state index in [4.69, 9.17) is 11.6 Å². The van der Waals surface area contributed by atoms with Gasteiger partial charge < -0.3 is 5.32 Å². The maximum atomic E-state index is 13.7. The average Bonchev–Trinajstić information content (AvgIpc) is 2.44. The molecule has 0 aliphatic rings. The molecule has 1 unspecified atom stereocenters. The Morgan fingerprint density at radius 1 is 1.05 bits per heavy atom. The van der Waals surface area contributed by atoms with Gasteiger partial charge in [0, 0.05) is 11.1 Å². The minimum atomic E-state index is -0.315. The Morgan fingerprint density at radius 2 is 1.75 bits per heavy atom. The van der Waals surface area contributed by atoms with Gasteiger partial charge in [0.15, 0.2) is 0 Å². The Morgan fingerprint density at radius 3 is 2.45 bits per heavy atom. The minimum Gasteiger partial charge on any atom is -0.316 e. The van der Waals surface area contributed by atoms with Crippen LogP contribution in [0.15, 0.2) is 42.5 Å². The average molecular weight is 296 g/mol. The highest BCUT2D eigenvalue weighted by atomic mass is 35.5. The van der Waals surface area contributed by atoms with Crippen molar-refractivity contribution in [3.05, 3.63) is 70.2 Å². The van der Waals surface area contributed by atoms with Gasteiger partial charge in [0.1, 0.15) is 11.6 Å². The first kappa shape index (κ1) is 14.9. The summed E-state index contributed by atoms with van der Waals surface area (Å²) >= 11 is 6.06. The molecule has 0 heterocycles. The van der Waals surface area contributed by atoms with Crippen molar-refractivity contribution < 1.29 is 8.78 Å². The van der Waals surface area contributed by atoms with Crippen LogP contribution in [0.4, 0.5) is 8.78 Å². The van der Waals surface area contributed by atoms with Gasteiger partial charge in [-0.25, -0.2) is 8.78 Å². The van der Waals surface area contributed by atoms with Gasteiger partial charge in [0.2, 0.25) is 0 Å². The van der Waals surface area contributed by atoms with E-state index in [-0.39, 0.29) is 17.7 Å². The summed E-state index contributed by atoms with van der Waals surface area (Å²) in [5.41, 5.74) is 1.36. The van der Waals surface area contributed by atoms with Gasteiger partial charge in [-0.05, 0) is 55.3 Å². The number of nitrogens with one attached hydrogen (secondary N) is 1. The van der Waals surface area contributed by atoms with Crippen LogP contribution >= 0.6 is 11.6 Å². The Bertz CT molecular complexity index is 586. The standard InChI is InChI=1S/C16H16ClF2N/c1-20-14(9-11-4-2-3-5-16(11)19)10-12-8-13(18)6-7-15(12)17/h2-8,14,20H,9-10H2,1H3. The Labute approximate surface area is 122 Å². The molecule has 1 atom stereocenters. The lowest BCUT2D eigenvalue weighted by Crippen LogP contribution is -2.30. The van der Waals surface area contributed by atoms with Gasteiger partial charge in [-0.1, -0.05) is 29.8 Å². The summed E-state index contributed by atoms with van der Waals surface area (Å²) in [4.78, 5) is 0. The Hall–Kier alpha value is -1.45. The van der Waals surface area contributed by atoms with Crippen LogP contribution in [-0.2, 0) is 12.8 Å². The van der Waals surface area contributed by atoms with Crippen LogP contribution in [0.1, 0.15) is 11.1 Å². The molecule has 0 amide bonds. The Balaban J connectivity index is 2.13. The highest BCUT2D eigenvalue weighted by Crippen LogP contribution is 2.20. The van der Waals surface area contributed by atoms with E-state index in [1.807, 2.05) is 0 Å². The molecule has 0 aliphatic carbocycles. The van der Waals surface area contributed by atoms with E-state index >= 15 is 0 Å². The number of hydrogen-bond acceptors (Lipinski definition) is 1. The molecular weight excluding hydrogens is 280 g/mol. The van der Waals surface area contributed by atoms with E-state index in [9.17, 15) is 8.78 Å². The van der Waals surface area contributed by atoms with E-state index < -0.39 is 0 Å². The monoisotopic (exact) mass is 295 g/mol. The van der Waals surface area contributed by atoms with Crippen molar-refractivity contribution in [3.8, 4) is 0 Å². The van der Waals surface area contributed by atoms with Crippen molar-refractivity contribution in [2.45, 2.75) is 18.9 Å². The molecule has 20 heavy (non-hydrogen) atoms. The largest absolute Gasteiger partial charge is 0.316 e. The lowest BCUT2D eigenvalue weighted by Gasteiger charge is -2.17. The van der Waals surface area contributed by atoms with Gasteiger partial charge in [-0.15, -0.1) is 0 Å². The van der Waals surface area contributed by atoms with Crippen molar-refractivity contribution >= 4 is 11.6 Å². The summed E-state index contributed by atoms with van der Waals surface area (Å²) in [6, 6.07) is 11.0. The molecular formula is C16H16ClF2N. The third-order valence-electron chi connectivity index (χ3n) is 3.31. The molecule has 0 saturated heterocycles. The second-order valence-corrected chi connectivity index (χ2v) is 5.13. The van der Waals surface area contributed by atoms with Gasteiger partial charge in [0.25, 0.3) is 0 Å². The summed E-state index contributed by atoms with van der Waals surface area (Å²) in [5.74, 6) is -0.539. The number of halogens is 3. The summed E-state index contributed by atoms with van der Waals surface area (Å²) < 4.78 is 26.9. The van der Waals surface area contributed by atoms with Crippen molar-refractivity contribution in [1.82, 2.24) is 5.32 Å². The fourth-order valence-electron chi connectivity index (χ4n) is 2.17. The van der Waals surface area contributed by atoms with Crippen LogP contribution in [0.3, 0.4) is 0 Å². The van der Waals surface area contributed by atoms with Crippen LogP contribution in [-0.4, -0.2) is 13.1 Å². The van der Waals surface area contributed by atoms with E-state index in [0.29, 0.717) is 23.4 Å². The van der Waals surface area contributed by atoms with Crippen LogP contribution in [0.2, 0.25) is 5.02 Å². The molecule has 0 fully saturated rings. The summed E-state index contributed by atoms with van der Waals surface area (Å²) in [6.45, 7) is 0. The van der Waals surface area contributed by atoms with Crippen molar-refractivity contribution in [1.29, 1.82) is 0 Å². The fraction of sp³-hybridized carbons (Fsp3) is 0.250. The minimum absolute atomic E-state index is 0.00815. The van der Waals surface area contributed by atoms with Crippen LogP contribution in [0, 0.1) is 11.6 Å². The molecule has 106 valence electrons. The first-order chi connectivity index (χ1) is 9.60. The topological polar surface area (TPSA) is 12.0 Å². The molecule has 0 bridgehead atoms. The summed E-state index contributed by atoms with van der Waals surface area (Å²) in [6.07, 6.45) is 1.07. The highest BCUT2D eigenvalue weighted by molar-refractivity contribution is 6.31. The van der Waals surface area contributed by atoms with Gasteiger partial charge >= 0.3 is 0 Å². The zero-order valence-corrected chi connectivity index (χ0v) is 11.9. The van der Waals surface area contributed by atoms with Crippen molar-refractivity contribution in [3.63, 3.8) is 0 Å². The van der Waals surface area contributed by atoms with Crippen LogP contribution in [0.5, 0.6) is 0 Å². The zero-order chi connectivity index (χ0) is 14.5. The van der Waals surface area contributed by atoms with Crippen molar-refractivity contribution in [2.75, 3.05) is 7.05 Å². The van der Waals surface area contributed by atoms with Gasteiger partial charge in [-0.3, -0.25) is 0 Å². The molecule has 4 heteroatoms. The normalized spacial score (nSPS) is 12.4. The number of hydrogen-bond donors (Lipinski definition) is 1. The predicted octanol–water partition coefficient (Wildman–Crippen LogP) is 3.99. The molecule has 1 nitrogen and oxygen atoms in total. The second-order valence-electron chi connectivity index (χ2n) is 4.72. The quantitative estimate of drug-likeness (QED) is 0.879. The van der Waals surface area contributed by atoms with Gasteiger partial charge in [-0.2, -0.15) is 0 Å². The molecule has 0 aliphatic heterocycles. The van der Waals surface area contributed by atoms with E-state index in [1.54, 1.807) is 31.3 Å². The maximum absolute atomic E-state index is 13.7. The zero-order valence-electron chi connectivity index (χ0n) is 11.2. The molecule has 0 saturated carbocycles. The number of benzene rings is 2. The summed E-state index contributed by atoms with van der Waals surface area (Å²) in [7, 11) is 1.80. The molecule has 0 radical (unpaired) electrons. The van der Waals surface area contributed by atoms with E-state index in [1.165, 1.54) is 18.2 Å². The van der Waals surface area contributed by atoms with Crippen LogP contribution < -0.4 is 5.32 Å². The molecule has 0 aromatic heterocycles. The maximum Gasteiger partial charge on any atom is 0.126 e. The fourth-order valence-corrected chi connectivity index (χ4v) is 2.37. The second kappa shape index (κ2) is 6.82. The lowest BCUT2D eigenvalue weighted by atomic mass is 9.98. The SMILES string of the molecule is CNC(Cc1ccccc1F)Cc1cc(F)ccc1Cl. The smallest absolute Gasteiger partial charge is 0.126 e. The van der Waals surface area contributed by atoms with E-state index in [2.05, 4.69) is 5.32 Å².